The number of nitrogens with one attached hydrogen (secondary N) is 1. The lowest BCUT2D eigenvalue weighted by atomic mass is 10.2. The zero-order chi connectivity index (χ0) is 18.4. The monoisotopic (exact) mass is 373 g/mol. The number of amides is 2. The van der Waals surface area contributed by atoms with Gasteiger partial charge in [-0.3, -0.25) is 4.90 Å². The van der Waals surface area contributed by atoms with Crippen LogP contribution < -0.4 is 10.1 Å². The number of halogens is 1. The van der Waals surface area contributed by atoms with E-state index in [1.807, 2.05) is 60.4 Å². The van der Waals surface area contributed by atoms with Gasteiger partial charge in [0, 0.05) is 38.4 Å². The Bertz CT molecular complexity index is 728. The van der Waals surface area contributed by atoms with Crippen LogP contribution in [0.15, 0.2) is 48.5 Å². The number of rotatable bonds is 5. The van der Waals surface area contributed by atoms with Gasteiger partial charge in [-0.2, -0.15) is 0 Å². The van der Waals surface area contributed by atoms with Crippen molar-refractivity contribution in [2.75, 3.05) is 44.6 Å². The molecule has 1 aliphatic heterocycles. The van der Waals surface area contributed by atoms with E-state index in [4.69, 9.17) is 16.3 Å². The zero-order valence-electron chi connectivity index (χ0n) is 15.0. The molecular weight excluding hydrogens is 350 g/mol. The Morgan fingerprint density at radius 2 is 1.77 bits per heavy atom. The van der Waals surface area contributed by atoms with Crippen LogP contribution in [0.5, 0.6) is 5.75 Å². The van der Waals surface area contributed by atoms with Gasteiger partial charge in [-0.25, -0.2) is 4.79 Å². The number of para-hydroxylation sites is 1. The predicted octanol–water partition coefficient (Wildman–Crippen LogP) is 3.88. The number of carbonyl (C=O) groups is 1. The van der Waals surface area contributed by atoms with Crippen LogP contribution in [-0.4, -0.2) is 55.2 Å². The Labute approximate surface area is 159 Å². The van der Waals surface area contributed by atoms with E-state index >= 15 is 0 Å². The van der Waals surface area contributed by atoms with E-state index in [1.165, 1.54) is 5.56 Å². The highest BCUT2D eigenvalue weighted by atomic mass is 35.5. The number of ether oxygens (including phenoxy) is 1. The second-order valence-corrected chi connectivity index (χ2v) is 6.81. The summed E-state index contributed by atoms with van der Waals surface area (Å²) in [5, 5.41) is 3.58. The van der Waals surface area contributed by atoms with Gasteiger partial charge in [0.05, 0.1) is 5.02 Å². The molecule has 0 unspecified atom stereocenters. The number of hydrogen-bond donors (Lipinski definition) is 1. The molecule has 0 bridgehead atoms. The fourth-order valence-electron chi connectivity index (χ4n) is 2.86. The van der Waals surface area contributed by atoms with Gasteiger partial charge in [-0.05, 0) is 31.2 Å². The largest absolute Gasteiger partial charge is 0.491 e. The van der Waals surface area contributed by atoms with Gasteiger partial charge in [-0.1, -0.05) is 41.4 Å². The fourth-order valence-corrected chi connectivity index (χ4v) is 3.05. The minimum absolute atomic E-state index is 0.0409. The molecule has 1 fully saturated rings. The van der Waals surface area contributed by atoms with Crippen molar-refractivity contribution in [1.29, 1.82) is 0 Å². The number of benzene rings is 2. The maximum atomic E-state index is 12.4. The molecular formula is C20H24ClN3O2. The van der Waals surface area contributed by atoms with E-state index in [-0.39, 0.29) is 6.03 Å². The van der Waals surface area contributed by atoms with Gasteiger partial charge in [0.2, 0.25) is 0 Å². The van der Waals surface area contributed by atoms with Crippen LogP contribution in [0.3, 0.4) is 0 Å². The average molecular weight is 374 g/mol. The normalized spacial score (nSPS) is 14.9. The summed E-state index contributed by atoms with van der Waals surface area (Å²) in [5.74, 6) is 0.713. The second kappa shape index (κ2) is 8.92. The van der Waals surface area contributed by atoms with Crippen molar-refractivity contribution < 1.29 is 9.53 Å². The molecule has 6 heteroatoms. The van der Waals surface area contributed by atoms with E-state index in [2.05, 4.69) is 10.2 Å². The minimum atomic E-state index is -0.0409. The van der Waals surface area contributed by atoms with Gasteiger partial charge in [0.25, 0.3) is 0 Å². The number of anilines is 1. The first-order valence-corrected chi connectivity index (χ1v) is 9.22. The highest BCUT2D eigenvalue weighted by Crippen LogP contribution is 2.22. The van der Waals surface area contributed by atoms with Gasteiger partial charge >= 0.3 is 6.03 Å². The fraction of sp³-hybridized carbons (Fsp3) is 0.350. The summed E-state index contributed by atoms with van der Waals surface area (Å²) in [5.41, 5.74) is 2.01. The smallest absolute Gasteiger partial charge is 0.321 e. The second-order valence-electron chi connectivity index (χ2n) is 6.40. The van der Waals surface area contributed by atoms with Crippen molar-refractivity contribution in [3.63, 3.8) is 0 Å². The van der Waals surface area contributed by atoms with Gasteiger partial charge in [0.1, 0.15) is 12.4 Å². The number of hydrogen-bond acceptors (Lipinski definition) is 3. The molecule has 2 aromatic rings. The Balaban J connectivity index is 1.39. The first-order valence-electron chi connectivity index (χ1n) is 8.84. The van der Waals surface area contributed by atoms with E-state index in [0.717, 1.165) is 25.3 Å². The number of urea groups is 1. The van der Waals surface area contributed by atoms with E-state index < -0.39 is 0 Å². The zero-order valence-corrected chi connectivity index (χ0v) is 15.7. The summed E-state index contributed by atoms with van der Waals surface area (Å²) < 4.78 is 5.74. The van der Waals surface area contributed by atoms with Crippen LogP contribution in [0.1, 0.15) is 5.56 Å². The Kier molecular flexibility index (Phi) is 6.36. The number of piperazine rings is 1. The summed E-state index contributed by atoms with van der Waals surface area (Å²) in [4.78, 5) is 16.5. The third kappa shape index (κ3) is 5.13. The number of carbonyl (C=O) groups excluding carboxylic acids is 1. The minimum Gasteiger partial charge on any atom is -0.491 e. The number of aryl methyl sites for hydroxylation is 1. The average Bonchev–Trinajstić information content (AvgIpc) is 2.66. The first-order chi connectivity index (χ1) is 12.6. The SMILES string of the molecule is Cc1ccc(NC(=O)N2CCN(CCOc3ccccc3Cl)CC2)cc1. The maximum Gasteiger partial charge on any atom is 0.321 e. The first kappa shape index (κ1) is 18.5. The molecule has 26 heavy (non-hydrogen) atoms. The highest BCUT2D eigenvalue weighted by molar-refractivity contribution is 6.32. The molecule has 0 saturated carbocycles. The van der Waals surface area contributed by atoms with Crippen molar-refractivity contribution >= 4 is 23.3 Å². The molecule has 5 nitrogen and oxygen atoms in total. The van der Waals surface area contributed by atoms with E-state index in [9.17, 15) is 4.79 Å². The molecule has 2 aromatic carbocycles. The molecule has 138 valence electrons. The lowest BCUT2D eigenvalue weighted by Gasteiger charge is -2.34. The molecule has 0 spiro atoms. The third-order valence-electron chi connectivity index (χ3n) is 4.46. The van der Waals surface area contributed by atoms with Crippen LogP contribution in [0, 0.1) is 6.92 Å². The Hall–Kier alpha value is -2.24. The third-order valence-corrected chi connectivity index (χ3v) is 4.78. The summed E-state index contributed by atoms with van der Waals surface area (Å²) in [6, 6.07) is 15.3. The lowest BCUT2D eigenvalue weighted by molar-refractivity contribution is 0.132. The van der Waals surface area contributed by atoms with Crippen LogP contribution >= 0.6 is 11.6 Å². The van der Waals surface area contributed by atoms with Crippen LogP contribution in [0.2, 0.25) is 5.02 Å². The maximum absolute atomic E-state index is 12.4. The molecule has 3 rings (SSSR count). The quantitative estimate of drug-likeness (QED) is 0.865. The summed E-state index contributed by atoms with van der Waals surface area (Å²) >= 11 is 6.09. The molecule has 1 saturated heterocycles. The standard InChI is InChI=1S/C20H24ClN3O2/c1-16-6-8-17(9-7-16)22-20(25)24-12-10-23(11-13-24)14-15-26-19-5-3-2-4-18(19)21/h2-9H,10-15H2,1H3,(H,22,25). The predicted molar refractivity (Wildman–Crippen MR) is 105 cm³/mol. The lowest BCUT2D eigenvalue weighted by Crippen LogP contribution is -2.50. The Morgan fingerprint density at radius 1 is 1.08 bits per heavy atom. The highest BCUT2D eigenvalue weighted by Gasteiger charge is 2.21. The molecule has 0 atom stereocenters. The van der Waals surface area contributed by atoms with E-state index in [1.54, 1.807) is 0 Å². The van der Waals surface area contributed by atoms with Crippen LogP contribution in [0.4, 0.5) is 10.5 Å². The van der Waals surface area contributed by atoms with Crippen molar-refractivity contribution in [1.82, 2.24) is 9.80 Å². The number of nitrogens with zero attached hydrogens (tertiary/aromatic N) is 2. The van der Waals surface area contributed by atoms with E-state index in [0.29, 0.717) is 30.5 Å². The van der Waals surface area contributed by atoms with Gasteiger partial charge < -0.3 is 15.0 Å². The van der Waals surface area contributed by atoms with Crippen molar-refractivity contribution in [3.05, 3.63) is 59.1 Å². The molecule has 0 aliphatic carbocycles. The van der Waals surface area contributed by atoms with Gasteiger partial charge in [-0.15, -0.1) is 0 Å². The summed E-state index contributed by atoms with van der Waals surface area (Å²) in [6.45, 7) is 6.53. The summed E-state index contributed by atoms with van der Waals surface area (Å²) in [6.07, 6.45) is 0. The van der Waals surface area contributed by atoms with Crippen molar-refractivity contribution in [2.24, 2.45) is 0 Å². The Morgan fingerprint density at radius 3 is 2.46 bits per heavy atom. The molecule has 0 aromatic heterocycles. The van der Waals surface area contributed by atoms with Gasteiger partial charge in [0.15, 0.2) is 0 Å². The van der Waals surface area contributed by atoms with Crippen molar-refractivity contribution in [3.8, 4) is 5.75 Å². The summed E-state index contributed by atoms with van der Waals surface area (Å²) in [7, 11) is 0. The van der Waals surface area contributed by atoms with Crippen LogP contribution in [0.25, 0.3) is 0 Å². The van der Waals surface area contributed by atoms with Crippen LogP contribution in [-0.2, 0) is 0 Å². The molecule has 1 aliphatic rings. The topological polar surface area (TPSA) is 44.8 Å². The molecule has 1 heterocycles. The molecule has 0 radical (unpaired) electrons. The van der Waals surface area contributed by atoms with Crippen molar-refractivity contribution in [2.45, 2.75) is 6.92 Å². The molecule has 2 amide bonds. The molecule has 1 N–H and O–H groups in total.